The molecule has 0 heterocycles. The topological polar surface area (TPSA) is 9.23 Å². The molecule has 0 fully saturated rings. The van der Waals surface area contributed by atoms with Gasteiger partial charge in [-0.2, -0.15) is 0 Å². The number of benzene rings is 2. The summed E-state index contributed by atoms with van der Waals surface area (Å²) in [6, 6.07) is 9.48. The first-order valence-electron chi connectivity index (χ1n) is 6.52. The third-order valence-corrected chi connectivity index (χ3v) is 4.57. The van der Waals surface area contributed by atoms with Crippen molar-refractivity contribution < 1.29 is 13.5 Å². The van der Waals surface area contributed by atoms with Gasteiger partial charge >= 0.3 is 0 Å². The molecular weight excluding hydrogens is 406 g/mol. The lowest BCUT2D eigenvalue weighted by Crippen LogP contribution is -2.02. The van der Waals surface area contributed by atoms with E-state index in [1.165, 1.54) is 18.2 Å². The Morgan fingerprint density at radius 1 is 1.14 bits per heavy atom. The van der Waals surface area contributed by atoms with Crippen LogP contribution in [-0.4, -0.2) is 6.61 Å². The molecule has 0 N–H and O–H groups in total. The fraction of sp³-hybridized carbons (Fsp3) is 0.250. The van der Waals surface area contributed by atoms with E-state index >= 15 is 0 Å². The van der Waals surface area contributed by atoms with Gasteiger partial charge < -0.3 is 4.74 Å². The third-order valence-electron chi connectivity index (χ3n) is 3.07. The zero-order chi connectivity index (χ0) is 15.4. The molecule has 0 amide bonds. The summed E-state index contributed by atoms with van der Waals surface area (Å²) in [7, 11) is 0. The predicted octanol–water partition coefficient (Wildman–Crippen LogP) is 5.80. The zero-order valence-electron chi connectivity index (χ0n) is 11.4. The molecular formula is C16H14Br2F2O. The van der Waals surface area contributed by atoms with E-state index in [9.17, 15) is 8.78 Å². The van der Waals surface area contributed by atoms with E-state index in [0.29, 0.717) is 6.61 Å². The van der Waals surface area contributed by atoms with E-state index in [1.54, 1.807) is 0 Å². The molecule has 0 aliphatic rings. The third kappa shape index (κ3) is 4.04. The molecule has 5 heteroatoms. The summed E-state index contributed by atoms with van der Waals surface area (Å²) in [5.74, 6) is -0.298. The Morgan fingerprint density at radius 3 is 2.38 bits per heavy atom. The summed E-state index contributed by atoms with van der Waals surface area (Å²) in [6.45, 7) is 2.50. The Balaban J connectivity index is 2.22. The van der Waals surface area contributed by atoms with E-state index in [4.69, 9.17) is 4.74 Å². The minimum atomic E-state index is -0.526. The molecule has 0 bridgehead atoms. The van der Waals surface area contributed by atoms with Gasteiger partial charge in [-0.25, -0.2) is 8.78 Å². The van der Waals surface area contributed by atoms with E-state index in [0.717, 1.165) is 15.8 Å². The van der Waals surface area contributed by atoms with Crippen molar-refractivity contribution in [2.45, 2.75) is 18.2 Å². The Morgan fingerprint density at radius 2 is 1.81 bits per heavy atom. The van der Waals surface area contributed by atoms with Gasteiger partial charge in [0.1, 0.15) is 17.4 Å². The summed E-state index contributed by atoms with van der Waals surface area (Å²) in [5.41, 5.74) is 1.00. The van der Waals surface area contributed by atoms with Gasteiger partial charge in [-0.1, -0.05) is 44.0 Å². The Kier molecular flexibility index (Phi) is 5.76. The second-order valence-electron chi connectivity index (χ2n) is 4.49. The largest absolute Gasteiger partial charge is 0.494 e. The maximum atomic E-state index is 13.7. The summed E-state index contributed by atoms with van der Waals surface area (Å²) in [4.78, 5) is -0.200. The Hall–Kier alpha value is -0.940. The van der Waals surface area contributed by atoms with Crippen molar-refractivity contribution in [3.8, 4) is 5.75 Å². The fourth-order valence-electron chi connectivity index (χ4n) is 2.03. The quantitative estimate of drug-likeness (QED) is 0.556. The van der Waals surface area contributed by atoms with Crippen LogP contribution in [0.1, 0.15) is 22.9 Å². The van der Waals surface area contributed by atoms with Gasteiger partial charge in [-0.3, -0.25) is 0 Å². The smallest absolute Gasteiger partial charge is 0.129 e. The van der Waals surface area contributed by atoms with E-state index in [1.807, 2.05) is 25.1 Å². The molecule has 0 aliphatic heterocycles. The molecule has 0 aromatic heterocycles. The molecule has 2 rings (SSSR count). The van der Waals surface area contributed by atoms with Crippen LogP contribution < -0.4 is 4.74 Å². The molecule has 1 atom stereocenters. The van der Waals surface area contributed by atoms with Gasteiger partial charge in [-0.15, -0.1) is 0 Å². The van der Waals surface area contributed by atoms with Crippen molar-refractivity contribution >= 4 is 31.9 Å². The summed E-state index contributed by atoms with van der Waals surface area (Å²) in [5, 5.41) is 0. The van der Waals surface area contributed by atoms with Gasteiger partial charge in [0.05, 0.1) is 6.61 Å². The maximum absolute atomic E-state index is 13.7. The minimum Gasteiger partial charge on any atom is -0.494 e. The molecule has 0 saturated carbocycles. The lowest BCUT2D eigenvalue weighted by atomic mass is 10.0. The van der Waals surface area contributed by atoms with E-state index < -0.39 is 11.6 Å². The average Bonchev–Trinajstić information content (AvgIpc) is 2.43. The monoisotopic (exact) mass is 418 g/mol. The van der Waals surface area contributed by atoms with Crippen LogP contribution in [0.25, 0.3) is 0 Å². The molecule has 112 valence electrons. The van der Waals surface area contributed by atoms with Crippen LogP contribution in [-0.2, 0) is 6.42 Å². The van der Waals surface area contributed by atoms with Crippen LogP contribution in [0.15, 0.2) is 40.9 Å². The summed E-state index contributed by atoms with van der Waals surface area (Å²) < 4.78 is 33.7. The standard InChI is InChI=1S/C16H14Br2F2O/c1-2-21-10-6-7-11(13(17)8-10)14(18)9-12-15(19)4-3-5-16(12)20/h3-8,14H,2,9H2,1H3. The molecule has 0 aliphatic carbocycles. The van der Waals surface area contributed by atoms with Crippen molar-refractivity contribution in [1.82, 2.24) is 0 Å². The number of alkyl halides is 1. The van der Waals surface area contributed by atoms with E-state index in [-0.39, 0.29) is 16.8 Å². The number of halogens is 4. The summed E-state index contributed by atoms with van der Waals surface area (Å²) in [6.07, 6.45) is 0.227. The highest BCUT2D eigenvalue weighted by Gasteiger charge is 2.17. The van der Waals surface area contributed by atoms with Crippen molar-refractivity contribution in [3.05, 3.63) is 63.6 Å². The van der Waals surface area contributed by atoms with Crippen molar-refractivity contribution in [3.63, 3.8) is 0 Å². The first-order chi connectivity index (χ1) is 10.0. The van der Waals surface area contributed by atoms with E-state index in [2.05, 4.69) is 31.9 Å². The van der Waals surface area contributed by atoms with Crippen molar-refractivity contribution in [2.24, 2.45) is 0 Å². The van der Waals surface area contributed by atoms with Gasteiger partial charge in [0.15, 0.2) is 0 Å². The van der Waals surface area contributed by atoms with Gasteiger partial charge in [0, 0.05) is 14.9 Å². The lowest BCUT2D eigenvalue weighted by molar-refractivity contribution is 0.340. The fourth-order valence-corrected chi connectivity index (χ4v) is 3.70. The Bertz CT molecular complexity index is 611. The van der Waals surface area contributed by atoms with Crippen LogP contribution in [0, 0.1) is 11.6 Å². The second-order valence-corrected chi connectivity index (χ2v) is 6.45. The van der Waals surface area contributed by atoms with Crippen LogP contribution >= 0.6 is 31.9 Å². The number of ether oxygens (including phenoxy) is 1. The van der Waals surface area contributed by atoms with Crippen molar-refractivity contribution in [1.29, 1.82) is 0 Å². The lowest BCUT2D eigenvalue weighted by Gasteiger charge is -2.14. The first-order valence-corrected chi connectivity index (χ1v) is 8.23. The van der Waals surface area contributed by atoms with Gasteiger partial charge in [-0.05, 0) is 43.2 Å². The summed E-state index contributed by atoms with van der Waals surface area (Å²) >= 11 is 6.97. The van der Waals surface area contributed by atoms with Crippen LogP contribution in [0.3, 0.4) is 0 Å². The minimum absolute atomic E-state index is 0.0835. The molecule has 2 aromatic carbocycles. The van der Waals surface area contributed by atoms with Crippen LogP contribution in [0.4, 0.5) is 8.78 Å². The SMILES string of the molecule is CCOc1ccc(C(Br)Cc2c(F)cccc2F)c(Br)c1. The molecule has 0 saturated heterocycles. The molecule has 0 radical (unpaired) electrons. The van der Waals surface area contributed by atoms with Crippen LogP contribution in [0.5, 0.6) is 5.75 Å². The molecule has 1 unspecified atom stereocenters. The van der Waals surface area contributed by atoms with Gasteiger partial charge in [0.25, 0.3) is 0 Å². The molecule has 2 aromatic rings. The van der Waals surface area contributed by atoms with Gasteiger partial charge in [0.2, 0.25) is 0 Å². The number of rotatable bonds is 5. The highest BCUT2D eigenvalue weighted by Crippen LogP contribution is 2.35. The first kappa shape index (κ1) is 16.4. The molecule has 0 spiro atoms. The zero-order valence-corrected chi connectivity index (χ0v) is 14.5. The molecule has 1 nitrogen and oxygen atoms in total. The average molecular weight is 420 g/mol. The number of hydrogen-bond acceptors (Lipinski definition) is 1. The predicted molar refractivity (Wildman–Crippen MR) is 87.0 cm³/mol. The second kappa shape index (κ2) is 7.36. The maximum Gasteiger partial charge on any atom is 0.129 e. The highest BCUT2D eigenvalue weighted by atomic mass is 79.9. The normalized spacial score (nSPS) is 12.2. The van der Waals surface area contributed by atoms with Crippen LogP contribution in [0.2, 0.25) is 0 Å². The number of hydrogen-bond donors (Lipinski definition) is 0. The van der Waals surface area contributed by atoms with Crippen molar-refractivity contribution in [2.75, 3.05) is 6.61 Å². The highest BCUT2D eigenvalue weighted by molar-refractivity contribution is 9.11. The Labute approximate surface area is 139 Å². The molecule has 21 heavy (non-hydrogen) atoms.